The van der Waals surface area contributed by atoms with Gasteiger partial charge in [0.2, 0.25) is 0 Å². The van der Waals surface area contributed by atoms with Crippen LogP contribution in [-0.2, 0) is 26.4 Å². The second-order valence-corrected chi connectivity index (χ2v) is 10.8. The van der Waals surface area contributed by atoms with Gasteiger partial charge < -0.3 is 23.7 Å². The number of hydrogen-bond acceptors (Lipinski definition) is 5. The zero-order chi connectivity index (χ0) is 34.4. The number of unbranched alkanes of at least 4 members (excludes halogenated alkanes) is 4. The van der Waals surface area contributed by atoms with E-state index in [1.807, 2.05) is 0 Å². The van der Waals surface area contributed by atoms with Gasteiger partial charge in [0.05, 0.1) is 19.8 Å². The molecule has 258 valence electrons. The first-order valence-corrected chi connectivity index (χ1v) is 14.6. The molecule has 0 amide bonds. The lowest BCUT2D eigenvalue weighted by Crippen LogP contribution is -2.31. The van der Waals surface area contributed by atoms with Gasteiger partial charge in [-0.25, -0.2) is 26.3 Å². The fourth-order valence-electron chi connectivity index (χ4n) is 4.68. The first kappa shape index (κ1) is 36.3. The van der Waals surface area contributed by atoms with E-state index in [2.05, 4.69) is 16.4 Å². The molecule has 3 aromatic rings. The minimum absolute atomic E-state index is 0.0484. The maximum atomic E-state index is 14.9. The molecule has 0 N–H and O–H groups in total. The first-order valence-electron chi connectivity index (χ1n) is 14.6. The van der Waals surface area contributed by atoms with Crippen LogP contribution in [-0.4, -0.2) is 26.4 Å². The Labute approximate surface area is 263 Å². The maximum absolute atomic E-state index is 14.9. The molecule has 0 unspecified atom stereocenters. The molecular weight excluding hydrogens is 654 g/mol. The molecule has 0 aliphatic carbocycles. The van der Waals surface area contributed by atoms with Crippen molar-refractivity contribution < 1.29 is 67.6 Å². The van der Waals surface area contributed by atoms with Crippen LogP contribution in [0.25, 0.3) is 0 Å². The lowest BCUT2D eigenvalue weighted by atomic mass is 10.1. The van der Waals surface area contributed by atoms with E-state index < -0.39 is 76.0 Å². The largest absolute Gasteiger partial charge is 0.432 e. The average Bonchev–Trinajstić information content (AvgIpc) is 2.98. The Kier molecular flexibility index (Phi) is 12.0. The number of benzene rings is 3. The van der Waals surface area contributed by atoms with Crippen LogP contribution in [0.15, 0.2) is 42.5 Å². The van der Waals surface area contributed by atoms with Crippen LogP contribution in [0.5, 0.6) is 11.5 Å². The van der Waals surface area contributed by atoms with Crippen molar-refractivity contribution in [3.05, 3.63) is 94.1 Å². The summed E-state index contributed by atoms with van der Waals surface area (Å²) in [6.45, 7) is 3.26. The summed E-state index contributed by atoms with van der Waals surface area (Å²) in [7, 11) is 0. The highest BCUT2D eigenvalue weighted by Crippen LogP contribution is 2.40. The van der Waals surface area contributed by atoms with Gasteiger partial charge in [-0.15, -0.1) is 0 Å². The van der Waals surface area contributed by atoms with Crippen molar-refractivity contribution in [2.45, 2.75) is 57.5 Å². The second kappa shape index (κ2) is 15.6. The predicted octanol–water partition coefficient (Wildman–Crippen LogP) is 9.43. The summed E-state index contributed by atoms with van der Waals surface area (Å²) in [6, 6.07) is 1.95. The minimum atomic E-state index is -4.77. The molecule has 0 atom stereocenters. The molecule has 1 saturated heterocycles. The van der Waals surface area contributed by atoms with Crippen molar-refractivity contribution in [3.8, 4) is 11.5 Å². The van der Waals surface area contributed by atoms with E-state index >= 15 is 0 Å². The maximum Gasteiger partial charge on any atom is 0.432 e. The van der Waals surface area contributed by atoms with E-state index in [-0.39, 0.29) is 49.0 Å². The molecule has 3 aromatic carbocycles. The Bertz CT molecular complexity index is 1470. The monoisotopic (exact) mass is 684 g/mol. The van der Waals surface area contributed by atoms with Crippen molar-refractivity contribution >= 4 is 0 Å². The summed E-state index contributed by atoms with van der Waals surface area (Å²) in [6.07, 6.45) is -5.29. The van der Waals surface area contributed by atoms with Crippen LogP contribution in [0.3, 0.4) is 0 Å². The molecule has 1 fully saturated rings. The normalized spacial score (nSPS) is 17.2. The smallest absolute Gasteiger partial charge is 0.429 e. The Hall–Kier alpha value is -3.56. The highest BCUT2D eigenvalue weighted by molar-refractivity contribution is 5.35. The molecular formula is C32H30F10O5. The highest BCUT2D eigenvalue weighted by Gasteiger charge is 2.43. The SMILES string of the molecule is CCCCCCCOCC1COC(c2cc(F)c(C(F)(F)Oc3ccc(C(F)(F)Oc4cc(F)c(F)c(F)c4)c(F)c3)c(F)c2)OC1. The number of hydrogen-bond donors (Lipinski definition) is 0. The summed E-state index contributed by atoms with van der Waals surface area (Å²) < 4.78 is 168. The van der Waals surface area contributed by atoms with Crippen molar-refractivity contribution in [1.29, 1.82) is 0 Å². The van der Waals surface area contributed by atoms with Crippen LogP contribution in [0.4, 0.5) is 43.9 Å². The van der Waals surface area contributed by atoms with Gasteiger partial charge >= 0.3 is 12.2 Å². The molecule has 0 radical (unpaired) electrons. The molecule has 0 bridgehead atoms. The third-order valence-corrected chi connectivity index (χ3v) is 7.04. The van der Waals surface area contributed by atoms with Crippen LogP contribution in [0.2, 0.25) is 0 Å². The summed E-state index contributed by atoms with van der Waals surface area (Å²) in [4.78, 5) is 0. The lowest BCUT2D eigenvalue weighted by Gasteiger charge is -2.30. The third kappa shape index (κ3) is 9.29. The molecule has 5 nitrogen and oxygen atoms in total. The number of halogens is 10. The topological polar surface area (TPSA) is 46.2 Å². The van der Waals surface area contributed by atoms with E-state index in [4.69, 9.17) is 14.2 Å². The fraction of sp³-hybridized carbons (Fsp3) is 0.438. The minimum Gasteiger partial charge on any atom is -0.429 e. The molecule has 47 heavy (non-hydrogen) atoms. The summed E-state index contributed by atoms with van der Waals surface area (Å²) in [5.74, 6) is -13.6. The van der Waals surface area contributed by atoms with Gasteiger partial charge in [-0.3, -0.25) is 0 Å². The zero-order valence-corrected chi connectivity index (χ0v) is 24.9. The quantitative estimate of drug-likeness (QED) is 0.0907. The van der Waals surface area contributed by atoms with Gasteiger partial charge in [-0.05, 0) is 30.7 Å². The van der Waals surface area contributed by atoms with Crippen molar-refractivity contribution in [3.63, 3.8) is 0 Å². The Morgan fingerprint density at radius 2 is 1.26 bits per heavy atom. The standard InChI is InChI=1S/C32H30F10O5/c1-2-3-4-5-6-9-43-15-18-16-44-30(45-17-18)19-10-24(34)28(25(35)11-19)32(41,42)46-20-7-8-22(23(33)12-20)31(39,40)47-21-13-26(36)29(38)27(37)14-21/h7-8,10-14,18,30H,2-6,9,15-17H2,1H3. The number of alkyl halides is 4. The van der Waals surface area contributed by atoms with E-state index in [1.54, 1.807) is 0 Å². The van der Waals surface area contributed by atoms with Gasteiger partial charge in [0.1, 0.15) is 40.1 Å². The van der Waals surface area contributed by atoms with Gasteiger partial charge in [0, 0.05) is 36.3 Å². The van der Waals surface area contributed by atoms with Gasteiger partial charge in [0.25, 0.3) is 0 Å². The van der Waals surface area contributed by atoms with Crippen LogP contribution >= 0.6 is 0 Å². The van der Waals surface area contributed by atoms with Crippen LogP contribution in [0, 0.1) is 40.8 Å². The Morgan fingerprint density at radius 1 is 0.681 bits per heavy atom. The Balaban J connectivity index is 1.37. The van der Waals surface area contributed by atoms with Crippen LogP contribution < -0.4 is 9.47 Å². The van der Waals surface area contributed by atoms with Gasteiger partial charge in [-0.2, -0.15) is 17.6 Å². The van der Waals surface area contributed by atoms with Crippen LogP contribution in [0.1, 0.15) is 62.0 Å². The molecule has 4 rings (SSSR count). The molecule has 1 heterocycles. The van der Waals surface area contributed by atoms with Crippen molar-refractivity contribution in [1.82, 2.24) is 0 Å². The molecule has 0 aromatic heterocycles. The molecule has 0 saturated carbocycles. The number of ether oxygens (including phenoxy) is 5. The molecule has 1 aliphatic heterocycles. The van der Waals surface area contributed by atoms with Gasteiger partial charge in [-0.1, -0.05) is 32.6 Å². The lowest BCUT2D eigenvalue weighted by molar-refractivity contribution is -0.212. The zero-order valence-electron chi connectivity index (χ0n) is 24.9. The van der Waals surface area contributed by atoms with E-state index in [0.29, 0.717) is 31.4 Å². The molecule has 0 spiro atoms. The Morgan fingerprint density at radius 3 is 1.85 bits per heavy atom. The highest BCUT2D eigenvalue weighted by atomic mass is 19.3. The van der Waals surface area contributed by atoms with Crippen molar-refractivity contribution in [2.75, 3.05) is 26.4 Å². The fourth-order valence-corrected chi connectivity index (χ4v) is 4.68. The van der Waals surface area contributed by atoms with E-state index in [1.165, 1.54) is 0 Å². The summed E-state index contributed by atoms with van der Waals surface area (Å²) >= 11 is 0. The number of rotatable bonds is 15. The van der Waals surface area contributed by atoms with E-state index in [0.717, 1.165) is 32.1 Å². The first-order chi connectivity index (χ1) is 22.2. The predicted molar refractivity (Wildman–Crippen MR) is 146 cm³/mol. The summed E-state index contributed by atoms with van der Waals surface area (Å²) in [5, 5.41) is 0. The van der Waals surface area contributed by atoms with E-state index in [9.17, 15) is 43.9 Å². The van der Waals surface area contributed by atoms with Gasteiger partial charge in [0.15, 0.2) is 23.7 Å². The third-order valence-electron chi connectivity index (χ3n) is 7.04. The molecule has 1 aliphatic rings. The summed E-state index contributed by atoms with van der Waals surface area (Å²) in [5.41, 5.74) is -3.70. The second-order valence-electron chi connectivity index (χ2n) is 10.8. The molecule has 15 heteroatoms. The average molecular weight is 685 g/mol. The van der Waals surface area contributed by atoms with Crippen molar-refractivity contribution in [2.24, 2.45) is 5.92 Å².